The lowest BCUT2D eigenvalue weighted by Crippen LogP contribution is -2.41. The second-order valence-electron chi connectivity index (χ2n) is 5.47. The Balaban J connectivity index is 1.86. The summed E-state index contributed by atoms with van der Waals surface area (Å²) < 4.78 is 18.8. The van der Waals surface area contributed by atoms with Gasteiger partial charge in [-0.25, -0.2) is 4.39 Å². The molecule has 2 atom stereocenters. The Hall–Kier alpha value is -1.71. The van der Waals surface area contributed by atoms with Crippen molar-refractivity contribution in [1.82, 2.24) is 4.90 Å². The van der Waals surface area contributed by atoms with Gasteiger partial charge in [-0.1, -0.05) is 42.5 Å². The number of ether oxygens (including phenoxy) is 1. The molecular weight excluding hydrogens is 265 g/mol. The van der Waals surface area contributed by atoms with E-state index in [4.69, 9.17) is 4.74 Å². The van der Waals surface area contributed by atoms with E-state index in [1.165, 1.54) is 17.7 Å². The predicted octanol–water partition coefficient (Wildman–Crippen LogP) is 3.96. The van der Waals surface area contributed by atoms with Crippen molar-refractivity contribution >= 4 is 0 Å². The Morgan fingerprint density at radius 3 is 2.52 bits per heavy atom. The van der Waals surface area contributed by atoms with E-state index in [0.29, 0.717) is 12.6 Å². The topological polar surface area (TPSA) is 12.5 Å². The summed E-state index contributed by atoms with van der Waals surface area (Å²) in [6.07, 6.45) is 0. The fraction of sp³-hybridized carbons (Fsp3) is 0.333. The molecule has 0 aromatic heterocycles. The second-order valence-corrected chi connectivity index (χ2v) is 5.47. The third-order valence-corrected chi connectivity index (χ3v) is 4.20. The molecule has 0 unspecified atom stereocenters. The van der Waals surface area contributed by atoms with Crippen LogP contribution < -0.4 is 0 Å². The number of hydrogen-bond donors (Lipinski definition) is 0. The number of nitrogens with zero attached hydrogens (tertiary/aromatic N) is 1. The monoisotopic (exact) mass is 285 g/mol. The summed E-state index contributed by atoms with van der Waals surface area (Å²) >= 11 is 0. The van der Waals surface area contributed by atoms with Crippen molar-refractivity contribution in [3.63, 3.8) is 0 Å². The molecular formula is C18H20FNO. The minimum Gasteiger partial charge on any atom is -0.378 e. The highest BCUT2D eigenvalue weighted by molar-refractivity contribution is 5.23. The zero-order valence-electron chi connectivity index (χ0n) is 12.2. The van der Waals surface area contributed by atoms with Crippen molar-refractivity contribution in [1.29, 1.82) is 0 Å². The van der Waals surface area contributed by atoms with Gasteiger partial charge < -0.3 is 4.74 Å². The van der Waals surface area contributed by atoms with Crippen LogP contribution in [0.15, 0.2) is 54.6 Å². The van der Waals surface area contributed by atoms with Crippen LogP contribution >= 0.6 is 0 Å². The minimum atomic E-state index is -0.196. The number of benzene rings is 2. The standard InChI is InChI=1S/C18H20FNO/c1-14(15-5-3-2-4-6-15)20-11-12-21-13-18(20)16-7-9-17(19)10-8-16/h2-10,14,18H,11-13H2,1H3/t14-,18+/m1/s1. The van der Waals surface area contributed by atoms with Gasteiger partial charge in [0.2, 0.25) is 0 Å². The van der Waals surface area contributed by atoms with Gasteiger partial charge in [0, 0.05) is 12.6 Å². The summed E-state index contributed by atoms with van der Waals surface area (Å²) in [6.45, 7) is 4.51. The van der Waals surface area contributed by atoms with Gasteiger partial charge in [-0.05, 0) is 30.2 Å². The van der Waals surface area contributed by atoms with E-state index < -0.39 is 0 Å². The third-order valence-electron chi connectivity index (χ3n) is 4.20. The quantitative estimate of drug-likeness (QED) is 0.846. The minimum absolute atomic E-state index is 0.176. The Bertz CT molecular complexity index is 570. The van der Waals surface area contributed by atoms with E-state index in [1.807, 2.05) is 18.2 Å². The first-order valence-electron chi connectivity index (χ1n) is 7.39. The van der Waals surface area contributed by atoms with Crippen LogP contribution in [-0.2, 0) is 4.74 Å². The largest absolute Gasteiger partial charge is 0.378 e. The lowest BCUT2D eigenvalue weighted by atomic mass is 9.99. The molecule has 1 saturated heterocycles. The first-order chi connectivity index (χ1) is 10.3. The molecule has 0 aliphatic carbocycles. The van der Waals surface area contributed by atoms with Gasteiger partial charge >= 0.3 is 0 Å². The Labute approximate surface area is 125 Å². The van der Waals surface area contributed by atoms with Gasteiger partial charge in [0.25, 0.3) is 0 Å². The maximum atomic E-state index is 13.1. The molecule has 1 aliphatic heterocycles. The Kier molecular flexibility index (Phi) is 4.32. The smallest absolute Gasteiger partial charge is 0.123 e. The molecule has 2 nitrogen and oxygen atoms in total. The van der Waals surface area contributed by atoms with Crippen LogP contribution in [0.3, 0.4) is 0 Å². The molecule has 2 aromatic carbocycles. The first-order valence-corrected chi connectivity index (χ1v) is 7.39. The molecule has 3 rings (SSSR count). The lowest BCUT2D eigenvalue weighted by molar-refractivity contribution is -0.0275. The average molecular weight is 285 g/mol. The number of halogens is 1. The van der Waals surface area contributed by atoms with Gasteiger partial charge in [0.1, 0.15) is 5.82 Å². The zero-order valence-corrected chi connectivity index (χ0v) is 12.2. The zero-order chi connectivity index (χ0) is 14.7. The molecule has 0 N–H and O–H groups in total. The molecule has 0 saturated carbocycles. The molecule has 0 amide bonds. The highest BCUT2D eigenvalue weighted by Crippen LogP contribution is 2.32. The van der Waals surface area contributed by atoms with Crippen molar-refractivity contribution < 1.29 is 9.13 Å². The summed E-state index contributed by atoms with van der Waals surface area (Å²) in [6, 6.07) is 17.7. The first kappa shape index (κ1) is 14.2. The van der Waals surface area contributed by atoms with E-state index in [-0.39, 0.29) is 11.9 Å². The van der Waals surface area contributed by atoms with Crippen LogP contribution in [0.1, 0.15) is 30.1 Å². The van der Waals surface area contributed by atoms with Crippen LogP contribution in [0.5, 0.6) is 0 Å². The summed E-state index contributed by atoms with van der Waals surface area (Å²) in [4.78, 5) is 2.44. The lowest BCUT2D eigenvalue weighted by Gasteiger charge is -2.40. The van der Waals surface area contributed by atoms with Gasteiger partial charge in [0.15, 0.2) is 0 Å². The number of rotatable bonds is 3. The molecule has 0 spiro atoms. The van der Waals surface area contributed by atoms with Crippen LogP contribution in [0, 0.1) is 5.82 Å². The molecule has 1 aliphatic rings. The summed E-state index contributed by atoms with van der Waals surface area (Å²) in [7, 11) is 0. The maximum absolute atomic E-state index is 13.1. The molecule has 0 radical (unpaired) electrons. The van der Waals surface area contributed by atoms with E-state index in [9.17, 15) is 4.39 Å². The van der Waals surface area contributed by atoms with Crippen molar-refractivity contribution in [2.75, 3.05) is 19.8 Å². The van der Waals surface area contributed by atoms with Gasteiger partial charge in [0.05, 0.1) is 19.3 Å². The van der Waals surface area contributed by atoms with E-state index in [1.54, 1.807) is 0 Å². The van der Waals surface area contributed by atoms with Crippen molar-refractivity contribution in [3.05, 3.63) is 71.5 Å². The molecule has 1 fully saturated rings. The van der Waals surface area contributed by atoms with E-state index >= 15 is 0 Å². The number of hydrogen-bond acceptors (Lipinski definition) is 2. The summed E-state index contributed by atoms with van der Waals surface area (Å²) in [5.74, 6) is -0.196. The molecule has 21 heavy (non-hydrogen) atoms. The third kappa shape index (κ3) is 3.14. The maximum Gasteiger partial charge on any atom is 0.123 e. The van der Waals surface area contributed by atoms with Gasteiger partial charge in [-0.15, -0.1) is 0 Å². The molecule has 0 bridgehead atoms. The predicted molar refractivity (Wildman–Crippen MR) is 81.5 cm³/mol. The molecule has 1 heterocycles. The van der Waals surface area contributed by atoms with Crippen molar-refractivity contribution in [2.24, 2.45) is 0 Å². The highest BCUT2D eigenvalue weighted by atomic mass is 19.1. The summed E-state index contributed by atoms with van der Waals surface area (Å²) in [5.41, 5.74) is 2.41. The van der Waals surface area contributed by atoms with Crippen LogP contribution in [0.4, 0.5) is 4.39 Å². The SMILES string of the molecule is C[C@H](c1ccccc1)N1CCOC[C@H]1c1ccc(F)cc1. The van der Waals surface area contributed by atoms with E-state index in [0.717, 1.165) is 18.7 Å². The average Bonchev–Trinajstić information content (AvgIpc) is 2.56. The molecule has 2 aromatic rings. The number of morpholine rings is 1. The van der Waals surface area contributed by atoms with E-state index in [2.05, 4.69) is 36.1 Å². The highest BCUT2D eigenvalue weighted by Gasteiger charge is 2.29. The Morgan fingerprint density at radius 2 is 1.81 bits per heavy atom. The Morgan fingerprint density at radius 1 is 1.10 bits per heavy atom. The van der Waals surface area contributed by atoms with Crippen molar-refractivity contribution in [3.8, 4) is 0 Å². The van der Waals surface area contributed by atoms with Gasteiger partial charge in [-0.2, -0.15) is 0 Å². The van der Waals surface area contributed by atoms with Gasteiger partial charge in [-0.3, -0.25) is 4.90 Å². The normalized spacial score (nSPS) is 21.1. The van der Waals surface area contributed by atoms with Crippen LogP contribution in [0.2, 0.25) is 0 Å². The van der Waals surface area contributed by atoms with Crippen LogP contribution in [-0.4, -0.2) is 24.7 Å². The van der Waals surface area contributed by atoms with Crippen LogP contribution in [0.25, 0.3) is 0 Å². The molecule has 110 valence electrons. The fourth-order valence-corrected chi connectivity index (χ4v) is 2.98. The second kappa shape index (κ2) is 6.37. The summed E-state index contributed by atoms with van der Waals surface area (Å²) in [5, 5.41) is 0. The van der Waals surface area contributed by atoms with Crippen molar-refractivity contribution in [2.45, 2.75) is 19.0 Å². The fourth-order valence-electron chi connectivity index (χ4n) is 2.98. The molecule has 3 heteroatoms.